The number of anilines is 5. The van der Waals surface area contributed by atoms with Gasteiger partial charge in [-0.15, -0.1) is 0 Å². The molecule has 0 spiro atoms. The number of para-hydroxylation sites is 2. The van der Waals surface area contributed by atoms with Crippen LogP contribution >= 0.6 is 11.6 Å². The van der Waals surface area contributed by atoms with Crippen molar-refractivity contribution in [1.29, 1.82) is 0 Å². The van der Waals surface area contributed by atoms with Gasteiger partial charge in [0.15, 0.2) is 11.6 Å². The van der Waals surface area contributed by atoms with Gasteiger partial charge in [-0.1, -0.05) is 29.8 Å². The second-order valence-electron chi connectivity index (χ2n) is 5.35. The van der Waals surface area contributed by atoms with Crippen LogP contribution in [-0.4, -0.2) is 17.1 Å². The predicted octanol–water partition coefficient (Wildman–Crippen LogP) is 4.52. The van der Waals surface area contributed by atoms with Crippen molar-refractivity contribution < 1.29 is 4.74 Å². The fourth-order valence-corrected chi connectivity index (χ4v) is 2.52. The number of nitrogens with one attached hydrogen (secondary N) is 2. The second-order valence-corrected chi connectivity index (χ2v) is 5.75. The number of nitrogens with two attached hydrogens (primary N) is 1. The number of hydrogen-bond acceptors (Lipinski definition) is 6. The summed E-state index contributed by atoms with van der Waals surface area (Å²) in [5.74, 6) is 1.68. The number of aromatic nitrogens is 2. The Balaban J connectivity index is 1.91. The lowest BCUT2D eigenvalue weighted by molar-refractivity contribution is 0.417. The molecule has 0 amide bonds. The summed E-state index contributed by atoms with van der Waals surface area (Å²) in [4.78, 5) is 8.45. The zero-order valence-corrected chi connectivity index (χ0v) is 14.6. The first-order chi connectivity index (χ1) is 12.1. The van der Waals surface area contributed by atoms with Crippen molar-refractivity contribution in [2.45, 2.75) is 6.92 Å². The molecule has 0 unspecified atom stereocenters. The smallest absolute Gasteiger partial charge is 0.159 e. The molecule has 0 atom stereocenters. The van der Waals surface area contributed by atoms with Crippen molar-refractivity contribution in [2.75, 3.05) is 23.5 Å². The van der Waals surface area contributed by atoms with E-state index in [-0.39, 0.29) is 0 Å². The standard InChI is InChI=1S/C18H18ClN5O/c1-11-12(19)6-5-8-13(11)23-17-16(20)18(22-10-21-17)24-14-7-3-4-9-15(14)25-2/h3-10H,20H2,1-2H3,(H2,21,22,23,24). The minimum Gasteiger partial charge on any atom is -0.495 e. The number of ether oxygens (including phenoxy) is 1. The Kier molecular flexibility index (Phi) is 4.90. The Morgan fingerprint density at radius 1 is 0.960 bits per heavy atom. The van der Waals surface area contributed by atoms with E-state index in [1.54, 1.807) is 7.11 Å². The molecule has 0 bridgehead atoms. The van der Waals surface area contributed by atoms with E-state index >= 15 is 0 Å². The largest absolute Gasteiger partial charge is 0.495 e. The van der Waals surface area contributed by atoms with Crippen molar-refractivity contribution >= 4 is 40.3 Å². The molecule has 4 N–H and O–H groups in total. The van der Waals surface area contributed by atoms with Gasteiger partial charge in [0.2, 0.25) is 0 Å². The van der Waals surface area contributed by atoms with Gasteiger partial charge in [0.25, 0.3) is 0 Å². The highest BCUT2D eigenvalue weighted by Crippen LogP contribution is 2.33. The molecule has 0 radical (unpaired) electrons. The lowest BCUT2D eigenvalue weighted by atomic mass is 10.2. The van der Waals surface area contributed by atoms with E-state index in [9.17, 15) is 0 Å². The van der Waals surface area contributed by atoms with Crippen LogP contribution in [0.2, 0.25) is 5.02 Å². The van der Waals surface area contributed by atoms with Crippen LogP contribution in [0.4, 0.5) is 28.7 Å². The van der Waals surface area contributed by atoms with E-state index in [1.807, 2.05) is 49.4 Å². The average Bonchev–Trinajstić information content (AvgIpc) is 2.62. The summed E-state index contributed by atoms with van der Waals surface area (Å²) in [5, 5.41) is 7.05. The van der Waals surface area contributed by atoms with Crippen molar-refractivity contribution in [3.05, 3.63) is 59.4 Å². The molecule has 0 fully saturated rings. The lowest BCUT2D eigenvalue weighted by Crippen LogP contribution is -2.06. The third-order valence-corrected chi connectivity index (χ3v) is 4.17. The first kappa shape index (κ1) is 16.9. The molecule has 0 aliphatic rings. The topological polar surface area (TPSA) is 85.1 Å². The molecule has 0 saturated heterocycles. The molecule has 6 nitrogen and oxygen atoms in total. The predicted molar refractivity (Wildman–Crippen MR) is 102 cm³/mol. The van der Waals surface area contributed by atoms with Crippen LogP contribution < -0.4 is 21.1 Å². The van der Waals surface area contributed by atoms with Crippen molar-refractivity contribution in [2.24, 2.45) is 0 Å². The van der Waals surface area contributed by atoms with Gasteiger partial charge in [0.1, 0.15) is 17.8 Å². The zero-order valence-electron chi connectivity index (χ0n) is 13.9. The van der Waals surface area contributed by atoms with Crippen LogP contribution in [0.5, 0.6) is 5.75 Å². The molecular formula is C18H18ClN5O. The van der Waals surface area contributed by atoms with E-state index in [2.05, 4.69) is 20.6 Å². The number of halogens is 1. The third-order valence-electron chi connectivity index (χ3n) is 3.76. The quantitative estimate of drug-likeness (QED) is 0.624. The fraction of sp³-hybridized carbons (Fsp3) is 0.111. The molecule has 7 heteroatoms. The van der Waals surface area contributed by atoms with E-state index in [1.165, 1.54) is 6.33 Å². The summed E-state index contributed by atoms with van der Waals surface area (Å²) in [7, 11) is 1.61. The lowest BCUT2D eigenvalue weighted by Gasteiger charge is -2.15. The molecule has 0 saturated carbocycles. The Bertz CT molecular complexity index is 900. The highest BCUT2D eigenvalue weighted by molar-refractivity contribution is 6.31. The molecule has 25 heavy (non-hydrogen) atoms. The van der Waals surface area contributed by atoms with Gasteiger partial charge in [-0.25, -0.2) is 9.97 Å². The van der Waals surface area contributed by atoms with Crippen molar-refractivity contribution in [3.8, 4) is 5.75 Å². The minimum atomic E-state index is 0.396. The number of rotatable bonds is 5. The van der Waals surface area contributed by atoms with Gasteiger partial charge < -0.3 is 21.1 Å². The number of methoxy groups -OCH3 is 1. The van der Waals surface area contributed by atoms with Crippen molar-refractivity contribution in [3.63, 3.8) is 0 Å². The van der Waals surface area contributed by atoms with E-state index < -0.39 is 0 Å². The van der Waals surface area contributed by atoms with Crippen LogP contribution in [0.1, 0.15) is 5.56 Å². The fourth-order valence-electron chi connectivity index (χ4n) is 2.34. The number of hydrogen-bond donors (Lipinski definition) is 3. The minimum absolute atomic E-state index is 0.396. The Morgan fingerprint density at radius 3 is 2.32 bits per heavy atom. The molecule has 2 aromatic carbocycles. The Morgan fingerprint density at radius 2 is 1.60 bits per heavy atom. The molecule has 128 valence electrons. The van der Waals surface area contributed by atoms with E-state index in [0.29, 0.717) is 28.1 Å². The Hall–Kier alpha value is -2.99. The maximum atomic E-state index is 6.23. The molecule has 0 aliphatic carbocycles. The van der Waals surface area contributed by atoms with Crippen molar-refractivity contribution in [1.82, 2.24) is 9.97 Å². The van der Waals surface area contributed by atoms with Crippen LogP contribution in [0.25, 0.3) is 0 Å². The summed E-state index contributed by atoms with van der Waals surface area (Å²) in [6.45, 7) is 1.93. The monoisotopic (exact) mass is 355 g/mol. The average molecular weight is 356 g/mol. The summed E-state index contributed by atoms with van der Waals surface area (Å²) in [6, 6.07) is 13.1. The maximum Gasteiger partial charge on any atom is 0.159 e. The highest BCUT2D eigenvalue weighted by atomic mass is 35.5. The highest BCUT2D eigenvalue weighted by Gasteiger charge is 2.12. The molecule has 1 aromatic heterocycles. The van der Waals surface area contributed by atoms with Gasteiger partial charge in [-0.2, -0.15) is 0 Å². The van der Waals surface area contributed by atoms with Gasteiger partial charge in [0.05, 0.1) is 12.8 Å². The summed E-state index contributed by atoms with van der Waals surface area (Å²) >= 11 is 6.16. The molecule has 1 heterocycles. The molecule has 3 rings (SSSR count). The summed E-state index contributed by atoms with van der Waals surface area (Å²) in [5.41, 5.74) is 9.15. The Labute approximate surface area is 151 Å². The molecular weight excluding hydrogens is 338 g/mol. The second kappa shape index (κ2) is 7.27. The van der Waals surface area contributed by atoms with E-state index in [0.717, 1.165) is 16.9 Å². The molecule has 0 aliphatic heterocycles. The number of nitrogen functional groups attached to an aromatic ring is 1. The SMILES string of the molecule is COc1ccccc1Nc1ncnc(Nc2cccc(Cl)c2C)c1N. The van der Waals surface area contributed by atoms with E-state index in [4.69, 9.17) is 22.1 Å². The zero-order chi connectivity index (χ0) is 17.8. The normalized spacial score (nSPS) is 10.4. The number of benzene rings is 2. The third kappa shape index (κ3) is 3.59. The summed E-state index contributed by atoms with van der Waals surface area (Å²) < 4.78 is 5.34. The van der Waals surface area contributed by atoms with Crippen LogP contribution in [-0.2, 0) is 0 Å². The van der Waals surface area contributed by atoms with Gasteiger partial charge >= 0.3 is 0 Å². The maximum absolute atomic E-state index is 6.23. The van der Waals surface area contributed by atoms with Gasteiger partial charge in [0, 0.05) is 10.7 Å². The van der Waals surface area contributed by atoms with Gasteiger partial charge in [-0.3, -0.25) is 0 Å². The van der Waals surface area contributed by atoms with Gasteiger partial charge in [-0.05, 0) is 36.8 Å². The van der Waals surface area contributed by atoms with Crippen LogP contribution in [0.15, 0.2) is 48.8 Å². The summed E-state index contributed by atoms with van der Waals surface area (Å²) in [6.07, 6.45) is 1.44. The first-order valence-electron chi connectivity index (χ1n) is 7.63. The van der Waals surface area contributed by atoms with Crippen LogP contribution in [0, 0.1) is 6.92 Å². The van der Waals surface area contributed by atoms with Crippen LogP contribution in [0.3, 0.4) is 0 Å². The molecule has 3 aromatic rings. The first-order valence-corrected chi connectivity index (χ1v) is 8.00. The number of nitrogens with zero attached hydrogens (tertiary/aromatic N) is 2.